The van der Waals surface area contributed by atoms with Crippen molar-refractivity contribution in [3.8, 4) is 22.4 Å². The minimum Gasteiger partial charge on any atom is -0.345 e. The zero-order valence-electron chi connectivity index (χ0n) is 31.6. The Morgan fingerprint density at radius 3 is 2.36 bits per heavy atom. The van der Waals surface area contributed by atoms with Crippen LogP contribution in [0.4, 0.5) is 4.39 Å². The summed E-state index contributed by atoms with van der Waals surface area (Å²) in [7, 11) is 0. The van der Waals surface area contributed by atoms with Gasteiger partial charge in [-0.1, -0.05) is 86.6 Å². The molecule has 5 heterocycles. The SMILES string of the molecule is CC(C)(C)c1nc(C(=O)NCc2ccc(-c3ncnn4cc(-c5ccc(CN6CCC(c7ccc([C@@H]8CCC(=O)NC8=O)cc7)CC6)cc5)cc34)cc2F)no1. The van der Waals surface area contributed by atoms with E-state index in [9.17, 15) is 14.4 Å². The molecular weight excluding hydrogens is 712 g/mol. The number of carbonyl (C=O) groups is 3. The summed E-state index contributed by atoms with van der Waals surface area (Å²) in [5, 5.41) is 13.3. The number of nitrogens with zero attached hydrogens (tertiary/aromatic N) is 6. The van der Waals surface area contributed by atoms with Crippen molar-refractivity contribution in [1.29, 1.82) is 0 Å². The molecule has 0 bridgehead atoms. The van der Waals surface area contributed by atoms with Gasteiger partial charge in [0.15, 0.2) is 0 Å². The van der Waals surface area contributed by atoms with E-state index in [1.54, 1.807) is 16.6 Å². The van der Waals surface area contributed by atoms with Crippen molar-refractivity contribution in [2.75, 3.05) is 13.1 Å². The van der Waals surface area contributed by atoms with Gasteiger partial charge in [0.05, 0.1) is 17.1 Å². The van der Waals surface area contributed by atoms with E-state index < -0.39 is 17.1 Å². The number of likely N-dealkylation sites (tertiary alicyclic amines) is 1. The number of aromatic nitrogens is 5. The van der Waals surface area contributed by atoms with E-state index in [2.05, 4.69) is 84.3 Å². The summed E-state index contributed by atoms with van der Waals surface area (Å²) in [6.45, 7) is 8.54. The molecule has 3 aromatic carbocycles. The van der Waals surface area contributed by atoms with Gasteiger partial charge < -0.3 is 9.84 Å². The number of piperidine rings is 2. The molecule has 2 aliphatic heterocycles. The number of rotatable bonds is 9. The van der Waals surface area contributed by atoms with Crippen molar-refractivity contribution in [3.05, 3.63) is 125 Å². The summed E-state index contributed by atoms with van der Waals surface area (Å²) >= 11 is 0. The highest BCUT2D eigenvalue weighted by Gasteiger charge is 2.29. The fraction of sp³-hybridized carbons (Fsp3) is 0.326. The molecule has 0 radical (unpaired) electrons. The lowest BCUT2D eigenvalue weighted by molar-refractivity contribution is -0.134. The quantitative estimate of drug-likeness (QED) is 0.154. The number of fused-ring (bicyclic) bond motifs is 1. The minimum atomic E-state index is -0.548. The summed E-state index contributed by atoms with van der Waals surface area (Å²) in [6.07, 6.45) is 6.49. The van der Waals surface area contributed by atoms with Crippen LogP contribution in [0.1, 0.15) is 97.1 Å². The van der Waals surface area contributed by atoms with Gasteiger partial charge in [-0.05, 0) is 72.7 Å². The molecule has 2 fully saturated rings. The molecule has 0 aliphatic carbocycles. The van der Waals surface area contributed by atoms with Gasteiger partial charge in [0, 0.05) is 47.8 Å². The number of halogens is 1. The monoisotopic (exact) mass is 754 g/mol. The second-order valence-electron chi connectivity index (χ2n) is 15.7. The van der Waals surface area contributed by atoms with Crippen molar-refractivity contribution >= 4 is 23.2 Å². The molecule has 3 aromatic heterocycles. The molecule has 13 heteroatoms. The van der Waals surface area contributed by atoms with Crippen molar-refractivity contribution < 1.29 is 23.3 Å². The van der Waals surface area contributed by atoms with Crippen LogP contribution in [0.3, 0.4) is 0 Å². The Hall–Kier alpha value is -6.08. The van der Waals surface area contributed by atoms with E-state index in [0.717, 1.165) is 54.7 Å². The molecule has 6 aromatic rings. The summed E-state index contributed by atoms with van der Waals surface area (Å²) in [5.74, 6) is -0.936. The number of imide groups is 1. The topological polar surface area (TPSA) is 148 Å². The first-order valence-electron chi connectivity index (χ1n) is 19.0. The Morgan fingerprint density at radius 1 is 0.929 bits per heavy atom. The number of hydrogen-bond donors (Lipinski definition) is 2. The number of nitrogens with one attached hydrogen (secondary N) is 2. The predicted molar refractivity (Wildman–Crippen MR) is 207 cm³/mol. The lowest BCUT2D eigenvalue weighted by Gasteiger charge is -2.32. The molecule has 8 rings (SSSR count). The van der Waals surface area contributed by atoms with Crippen LogP contribution in [0.5, 0.6) is 0 Å². The third kappa shape index (κ3) is 7.85. The molecule has 2 N–H and O–H groups in total. The zero-order valence-corrected chi connectivity index (χ0v) is 31.6. The largest absolute Gasteiger partial charge is 0.345 e. The van der Waals surface area contributed by atoms with Gasteiger partial charge >= 0.3 is 0 Å². The molecule has 56 heavy (non-hydrogen) atoms. The van der Waals surface area contributed by atoms with E-state index in [1.165, 1.54) is 23.5 Å². The van der Waals surface area contributed by atoms with Crippen LogP contribution in [-0.4, -0.2) is 60.4 Å². The first-order valence-corrected chi connectivity index (χ1v) is 19.0. The normalized spacial score (nSPS) is 17.0. The van der Waals surface area contributed by atoms with Crippen LogP contribution in [0.2, 0.25) is 0 Å². The van der Waals surface area contributed by atoms with Crippen LogP contribution >= 0.6 is 0 Å². The Labute approximate surface area is 323 Å². The number of amides is 3. The third-order valence-electron chi connectivity index (χ3n) is 10.8. The Kier molecular flexibility index (Phi) is 10.0. The first kappa shape index (κ1) is 36.9. The molecule has 286 valence electrons. The van der Waals surface area contributed by atoms with Crippen molar-refractivity contribution in [3.63, 3.8) is 0 Å². The summed E-state index contributed by atoms with van der Waals surface area (Å²) in [4.78, 5) is 47.6. The molecule has 1 atom stereocenters. The second-order valence-corrected chi connectivity index (χ2v) is 15.7. The van der Waals surface area contributed by atoms with Gasteiger partial charge in [-0.25, -0.2) is 13.9 Å². The van der Waals surface area contributed by atoms with Gasteiger partial charge in [-0.15, -0.1) is 0 Å². The van der Waals surface area contributed by atoms with Crippen LogP contribution < -0.4 is 10.6 Å². The van der Waals surface area contributed by atoms with Gasteiger partial charge in [0.2, 0.25) is 17.7 Å². The van der Waals surface area contributed by atoms with Crippen molar-refractivity contribution in [2.45, 2.75) is 76.8 Å². The van der Waals surface area contributed by atoms with E-state index in [4.69, 9.17) is 4.52 Å². The number of hydrogen-bond acceptors (Lipinski definition) is 9. The summed E-state index contributed by atoms with van der Waals surface area (Å²) in [5.41, 5.74) is 7.36. The maximum Gasteiger partial charge on any atom is 0.292 e. The number of benzene rings is 3. The highest BCUT2D eigenvalue weighted by atomic mass is 19.1. The molecule has 0 saturated carbocycles. The summed E-state index contributed by atoms with van der Waals surface area (Å²) in [6, 6.07) is 23.8. The first-order chi connectivity index (χ1) is 27.0. The molecule has 2 aliphatic rings. The second kappa shape index (κ2) is 15.2. The van der Waals surface area contributed by atoms with Crippen LogP contribution in [-0.2, 0) is 28.1 Å². The minimum absolute atomic E-state index is 0.0445. The average molecular weight is 755 g/mol. The predicted octanol–water partition coefficient (Wildman–Crippen LogP) is 6.71. The van der Waals surface area contributed by atoms with Crippen molar-refractivity contribution in [1.82, 2.24) is 40.3 Å². The maximum atomic E-state index is 15.3. The smallest absolute Gasteiger partial charge is 0.292 e. The number of carbonyl (C=O) groups excluding carboxylic acids is 3. The molecular formula is C43H43FN8O4. The van der Waals surface area contributed by atoms with Gasteiger partial charge in [0.1, 0.15) is 12.1 Å². The third-order valence-corrected chi connectivity index (χ3v) is 10.8. The molecule has 0 spiro atoms. The zero-order chi connectivity index (χ0) is 39.0. The maximum absolute atomic E-state index is 15.3. The van der Waals surface area contributed by atoms with Crippen LogP contribution in [0, 0.1) is 5.82 Å². The highest BCUT2D eigenvalue weighted by Crippen LogP contribution is 2.33. The van der Waals surface area contributed by atoms with E-state index in [-0.39, 0.29) is 30.1 Å². The highest BCUT2D eigenvalue weighted by molar-refractivity contribution is 6.01. The fourth-order valence-corrected chi connectivity index (χ4v) is 7.52. The lowest BCUT2D eigenvalue weighted by atomic mass is 9.86. The van der Waals surface area contributed by atoms with Crippen molar-refractivity contribution in [2.24, 2.45) is 0 Å². The molecule has 0 unspecified atom stereocenters. The van der Waals surface area contributed by atoms with E-state index in [0.29, 0.717) is 41.5 Å². The Bertz CT molecular complexity index is 2410. The van der Waals surface area contributed by atoms with Crippen LogP contribution in [0.15, 0.2) is 89.8 Å². The molecule has 12 nitrogen and oxygen atoms in total. The fourth-order valence-electron chi connectivity index (χ4n) is 7.52. The van der Waals surface area contributed by atoms with Gasteiger partial charge in [-0.3, -0.25) is 24.6 Å². The van der Waals surface area contributed by atoms with Crippen LogP contribution in [0.25, 0.3) is 27.9 Å². The molecule has 2 saturated heterocycles. The van der Waals surface area contributed by atoms with Gasteiger partial charge in [-0.2, -0.15) is 10.1 Å². The standard InChI is InChI=1S/C43H43FN8O4/c1-43(2,3)42-49-39(50-56-42)41(55)45-22-32-13-12-31(20-35(32)44)38-36-21-33(24-52(36)47-25-46-38)28-6-4-26(5-7-28)23-51-18-16-29(17-19-51)27-8-10-30(11-9-27)34-14-15-37(53)48-40(34)54/h4-13,20-21,24-25,29,34H,14-19,22-23H2,1-3H3,(H,45,55)(H,48,53,54)/t34-/m0/s1. The van der Waals surface area contributed by atoms with Gasteiger partial charge in [0.25, 0.3) is 11.7 Å². The van der Waals surface area contributed by atoms with E-state index in [1.807, 2.05) is 33.0 Å². The Balaban J connectivity index is 0.872. The average Bonchev–Trinajstić information content (AvgIpc) is 3.87. The van der Waals surface area contributed by atoms with E-state index >= 15 is 4.39 Å². The molecule has 3 amide bonds. The Morgan fingerprint density at radius 2 is 1.66 bits per heavy atom. The summed E-state index contributed by atoms with van der Waals surface area (Å²) < 4.78 is 22.3. The lowest BCUT2D eigenvalue weighted by Crippen LogP contribution is -2.39.